The van der Waals surface area contributed by atoms with E-state index in [2.05, 4.69) is 0 Å². The SMILES string of the molecule is CC(C)COC(=O)C(CN)C(C)C. The van der Waals surface area contributed by atoms with Crippen molar-refractivity contribution in [2.24, 2.45) is 23.5 Å². The van der Waals surface area contributed by atoms with Gasteiger partial charge in [0.1, 0.15) is 0 Å². The molecule has 0 spiro atoms. The summed E-state index contributed by atoms with van der Waals surface area (Å²) in [5.41, 5.74) is 5.48. The minimum absolute atomic E-state index is 0.154. The fourth-order valence-corrected chi connectivity index (χ4v) is 0.996. The lowest BCUT2D eigenvalue weighted by Gasteiger charge is -2.17. The number of hydrogen-bond donors (Lipinski definition) is 1. The van der Waals surface area contributed by atoms with Gasteiger partial charge in [-0.3, -0.25) is 4.79 Å². The van der Waals surface area contributed by atoms with Crippen LogP contribution in [0, 0.1) is 17.8 Å². The van der Waals surface area contributed by atoms with Gasteiger partial charge in [-0.15, -0.1) is 0 Å². The Bertz CT molecular complexity index is 155. The van der Waals surface area contributed by atoms with Crippen molar-refractivity contribution in [1.29, 1.82) is 0 Å². The quantitative estimate of drug-likeness (QED) is 0.662. The van der Waals surface area contributed by atoms with Crippen molar-refractivity contribution in [1.82, 2.24) is 0 Å². The van der Waals surface area contributed by atoms with E-state index in [0.717, 1.165) is 0 Å². The van der Waals surface area contributed by atoms with E-state index < -0.39 is 0 Å². The van der Waals surface area contributed by atoms with Gasteiger partial charge in [-0.1, -0.05) is 27.7 Å². The normalized spacial score (nSPS) is 13.5. The van der Waals surface area contributed by atoms with E-state index in [4.69, 9.17) is 10.5 Å². The maximum absolute atomic E-state index is 11.4. The number of carbonyl (C=O) groups excluding carboxylic acids is 1. The van der Waals surface area contributed by atoms with E-state index in [1.54, 1.807) is 0 Å². The van der Waals surface area contributed by atoms with Crippen molar-refractivity contribution in [3.63, 3.8) is 0 Å². The molecule has 0 aromatic carbocycles. The average molecular weight is 187 g/mol. The van der Waals surface area contributed by atoms with Crippen LogP contribution in [-0.4, -0.2) is 19.1 Å². The van der Waals surface area contributed by atoms with Crippen LogP contribution in [0.3, 0.4) is 0 Å². The first-order chi connectivity index (χ1) is 5.99. The van der Waals surface area contributed by atoms with Gasteiger partial charge in [0.05, 0.1) is 12.5 Å². The average Bonchev–Trinajstić information content (AvgIpc) is 2.01. The van der Waals surface area contributed by atoms with Crippen LogP contribution in [0.5, 0.6) is 0 Å². The van der Waals surface area contributed by atoms with Gasteiger partial charge in [0.2, 0.25) is 0 Å². The highest BCUT2D eigenvalue weighted by atomic mass is 16.5. The van der Waals surface area contributed by atoms with E-state index in [0.29, 0.717) is 19.1 Å². The first-order valence-corrected chi connectivity index (χ1v) is 4.85. The number of hydrogen-bond acceptors (Lipinski definition) is 3. The molecule has 1 atom stereocenters. The van der Waals surface area contributed by atoms with Gasteiger partial charge in [-0.2, -0.15) is 0 Å². The Labute approximate surface area is 80.6 Å². The summed E-state index contributed by atoms with van der Waals surface area (Å²) in [6.07, 6.45) is 0. The molecular weight excluding hydrogens is 166 g/mol. The molecule has 0 aliphatic heterocycles. The Hall–Kier alpha value is -0.570. The highest BCUT2D eigenvalue weighted by Gasteiger charge is 2.21. The minimum Gasteiger partial charge on any atom is -0.465 e. The molecule has 0 amide bonds. The summed E-state index contributed by atoms with van der Waals surface area (Å²) in [4.78, 5) is 11.4. The molecule has 0 fully saturated rings. The van der Waals surface area contributed by atoms with Crippen molar-refractivity contribution >= 4 is 5.97 Å². The van der Waals surface area contributed by atoms with Gasteiger partial charge in [-0.05, 0) is 11.8 Å². The molecule has 0 saturated heterocycles. The molecule has 0 aromatic rings. The lowest BCUT2D eigenvalue weighted by atomic mass is 9.96. The van der Waals surface area contributed by atoms with Gasteiger partial charge in [0.15, 0.2) is 0 Å². The third-order valence-electron chi connectivity index (χ3n) is 1.92. The van der Waals surface area contributed by atoms with E-state index >= 15 is 0 Å². The number of ether oxygens (including phenoxy) is 1. The molecule has 0 heterocycles. The number of esters is 1. The van der Waals surface area contributed by atoms with Gasteiger partial charge in [0, 0.05) is 6.54 Å². The van der Waals surface area contributed by atoms with Crippen LogP contribution in [0.2, 0.25) is 0 Å². The largest absolute Gasteiger partial charge is 0.465 e. The first-order valence-electron chi connectivity index (χ1n) is 4.85. The Kier molecular flexibility index (Phi) is 5.71. The van der Waals surface area contributed by atoms with Gasteiger partial charge < -0.3 is 10.5 Å². The topological polar surface area (TPSA) is 52.3 Å². The third kappa shape index (κ3) is 4.88. The zero-order valence-electron chi connectivity index (χ0n) is 9.04. The van der Waals surface area contributed by atoms with Gasteiger partial charge >= 0.3 is 5.97 Å². The second-order valence-corrected chi connectivity index (χ2v) is 4.11. The van der Waals surface area contributed by atoms with Crippen LogP contribution in [0.15, 0.2) is 0 Å². The number of nitrogens with two attached hydrogens (primary N) is 1. The maximum atomic E-state index is 11.4. The lowest BCUT2D eigenvalue weighted by Crippen LogP contribution is -2.30. The Morgan fingerprint density at radius 2 is 1.85 bits per heavy atom. The summed E-state index contributed by atoms with van der Waals surface area (Å²) in [6, 6.07) is 0. The Morgan fingerprint density at radius 3 is 2.15 bits per heavy atom. The standard InChI is InChI=1S/C10H21NO2/c1-7(2)6-13-10(12)9(5-11)8(3)4/h7-9H,5-6,11H2,1-4H3. The lowest BCUT2D eigenvalue weighted by molar-refractivity contribution is -0.150. The zero-order valence-corrected chi connectivity index (χ0v) is 9.04. The first kappa shape index (κ1) is 12.4. The summed E-state index contributed by atoms with van der Waals surface area (Å²) in [5, 5.41) is 0. The van der Waals surface area contributed by atoms with Gasteiger partial charge in [-0.25, -0.2) is 0 Å². The summed E-state index contributed by atoms with van der Waals surface area (Å²) in [5.74, 6) is 0.323. The van der Waals surface area contributed by atoms with E-state index in [1.807, 2.05) is 27.7 Å². The molecule has 3 nitrogen and oxygen atoms in total. The van der Waals surface area contributed by atoms with Crippen LogP contribution in [0.25, 0.3) is 0 Å². The van der Waals surface area contributed by atoms with E-state index in [9.17, 15) is 4.79 Å². The van der Waals surface area contributed by atoms with Crippen LogP contribution in [-0.2, 0) is 9.53 Å². The summed E-state index contributed by atoms with van der Waals surface area (Å²) < 4.78 is 5.10. The molecule has 0 aromatic heterocycles. The van der Waals surface area contributed by atoms with Crippen molar-refractivity contribution in [2.75, 3.05) is 13.2 Å². The Morgan fingerprint density at radius 1 is 1.31 bits per heavy atom. The molecule has 2 N–H and O–H groups in total. The van der Waals surface area contributed by atoms with Crippen molar-refractivity contribution in [3.05, 3.63) is 0 Å². The van der Waals surface area contributed by atoms with Crippen molar-refractivity contribution < 1.29 is 9.53 Å². The molecule has 0 rings (SSSR count). The fraction of sp³-hybridized carbons (Fsp3) is 0.900. The molecule has 13 heavy (non-hydrogen) atoms. The van der Waals surface area contributed by atoms with Gasteiger partial charge in [0.25, 0.3) is 0 Å². The summed E-state index contributed by atoms with van der Waals surface area (Å²) in [7, 11) is 0. The molecule has 0 radical (unpaired) electrons. The predicted octanol–water partition coefficient (Wildman–Crippen LogP) is 1.42. The van der Waals surface area contributed by atoms with Crippen LogP contribution >= 0.6 is 0 Å². The van der Waals surface area contributed by atoms with Crippen LogP contribution < -0.4 is 5.73 Å². The second kappa shape index (κ2) is 5.97. The van der Waals surface area contributed by atoms with Crippen LogP contribution in [0.1, 0.15) is 27.7 Å². The molecule has 0 bridgehead atoms. The maximum Gasteiger partial charge on any atom is 0.310 e. The third-order valence-corrected chi connectivity index (χ3v) is 1.92. The highest BCUT2D eigenvalue weighted by Crippen LogP contribution is 2.11. The number of carbonyl (C=O) groups is 1. The second-order valence-electron chi connectivity index (χ2n) is 4.11. The molecular formula is C10H21NO2. The van der Waals surface area contributed by atoms with E-state index in [1.165, 1.54) is 0 Å². The molecule has 0 aliphatic carbocycles. The van der Waals surface area contributed by atoms with Crippen molar-refractivity contribution in [2.45, 2.75) is 27.7 Å². The molecule has 3 heteroatoms. The monoisotopic (exact) mass is 187 g/mol. The molecule has 78 valence electrons. The Balaban J connectivity index is 3.92. The minimum atomic E-state index is -0.161. The smallest absolute Gasteiger partial charge is 0.310 e. The molecule has 0 saturated carbocycles. The van der Waals surface area contributed by atoms with E-state index in [-0.39, 0.29) is 17.8 Å². The fourth-order valence-electron chi connectivity index (χ4n) is 0.996. The molecule has 0 aliphatic rings. The summed E-state index contributed by atoms with van der Waals surface area (Å²) in [6.45, 7) is 8.85. The predicted molar refractivity (Wildman–Crippen MR) is 53.2 cm³/mol. The van der Waals surface area contributed by atoms with Crippen LogP contribution in [0.4, 0.5) is 0 Å². The summed E-state index contributed by atoms with van der Waals surface area (Å²) >= 11 is 0. The molecule has 1 unspecified atom stereocenters. The number of rotatable bonds is 5. The van der Waals surface area contributed by atoms with Crippen molar-refractivity contribution in [3.8, 4) is 0 Å². The highest BCUT2D eigenvalue weighted by molar-refractivity contribution is 5.72. The zero-order chi connectivity index (χ0) is 10.4.